The van der Waals surface area contributed by atoms with E-state index in [1.807, 2.05) is 12.1 Å². The van der Waals surface area contributed by atoms with Gasteiger partial charge in [0, 0.05) is 49.2 Å². The number of halogens is 1. The van der Waals surface area contributed by atoms with Crippen LogP contribution >= 0.6 is 0 Å². The fraction of sp³-hybridized carbons (Fsp3) is 0.273. The average Bonchev–Trinajstić information content (AvgIpc) is 3.43. The van der Waals surface area contributed by atoms with Crippen molar-refractivity contribution < 1.29 is 19.1 Å². The molecule has 10 nitrogen and oxygen atoms in total. The number of hydrogen-bond acceptors (Lipinski definition) is 7. The molecule has 3 heterocycles. The molecule has 5 rings (SSSR count). The summed E-state index contributed by atoms with van der Waals surface area (Å²) in [5, 5.41) is 16.6. The summed E-state index contributed by atoms with van der Waals surface area (Å²) in [5.41, 5.74) is 3.32. The van der Waals surface area contributed by atoms with Crippen LogP contribution in [0.25, 0.3) is 5.78 Å². The maximum absolute atomic E-state index is 14.3. The molecule has 0 saturated carbocycles. The second kappa shape index (κ2) is 13.1. The van der Waals surface area contributed by atoms with E-state index in [4.69, 9.17) is 0 Å². The average molecular weight is 596 g/mol. The second-order valence-electron chi connectivity index (χ2n) is 11.4. The van der Waals surface area contributed by atoms with Gasteiger partial charge in [-0.15, -0.1) is 5.10 Å². The van der Waals surface area contributed by atoms with Gasteiger partial charge in [0.1, 0.15) is 11.9 Å². The molecule has 0 saturated heterocycles. The first-order chi connectivity index (χ1) is 21.1. The third-order valence-electron chi connectivity index (χ3n) is 7.18. The Hall–Kier alpha value is -5.03. The number of carbonyl (C=O) groups excluding carboxylic acids is 2. The van der Waals surface area contributed by atoms with Crippen molar-refractivity contribution >= 4 is 23.3 Å². The molecule has 2 amide bonds. The molecule has 0 fully saturated rings. The molecule has 44 heavy (non-hydrogen) atoms. The molecule has 5 aromatic rings. The Morgan fingerprint density at radius 2 is 1.82 bits per heavy atom. The first kappa shape index (κ1) is 30.4. The zero-order chi connectivity index (χ0) is 31.3. The highest BCUT2D eigenvalue weighted by Crippen LogP contribution is 2.31. The smallest absolute Gasteiger partial charge is 0.299 e. The quantitative estimate of drug-likeness (QED) is 0.247. The lowest BCUT2D eigenvalue weighted by atomic mass is 9.87. The van der Waals surface area contributed by atoms with E-state index in [-0.39, 0.29) is 36.0 Å². The van der Waals surface area contributed by atoms with Gasteiger partial charge in [0.15, 0.2) is 0 Å². The van der Waals surface area contributed by atoms with Crippen molar-refractivity contribution in [1.82, 2.24) is 29.9 Å². The van der Waals surface area contributed by atoms with Crippen molar-refractivity contribution in [1.29, 1.82) is 0 Å². The summed E-state index contributed by atoms with van der Waals surface area (Å²) >= 11 is 0. The number of amides is 2. The number of anilines is 1. The first-order valence-corrected chi connectivity index (χ1v) is 14.3. The Morgan fingerprint density at radius 3 is 2.50 bits per heavy atom. The number of nitrogens with one attached hydrogen (secondary N) is 1. The summed E-state index contributed by atoms with van der Waals surface area (Å²) in [7, 11) is 0. The molecule has 3 aromatic heterocycles. The van der Waals surface area contributed by atoms with E-state index in [0.717, 1.165) is 16.7 Å². The van der Waals surface area contributed by atoms with E-state index < -0.39 is 17.9 Å². The molecule has 0 aliphatic rings. The van der Waals surface area contributed by atoms with Crippen LogP contribution in [-0.2, 0) is 23.1 Å². The predicted octanol–water partition coefficient (Wildman–Crippen LogP) is 4.24. The van der Waals surface area contributed by atoms with E-state index in [2.05, 4.69) is 46.1 Å². The van der Waals surface area contributed by atoms with Gasteiger partial charge in [0.25, 0.3) is 11.7 Å². The number of hydrogen-bond donors (Lipinski definition) is 2. The van der Waals surface area contributed by atoms with Crippen molar-refractivity contribution in [3.05, 3.63) is 119 Å². The highest BCUT2D eigenvalue weighted by atomic mass is 19.1. The zero-order valence-corrected chi connectivity index (χ0v) is 24.8. The number of aromatic nitrogens is 5. The Balaban J connectivity index is 1.55. The summed E-state index contributed by atoms with van der Waals surface area (Å²) in [6.07, 6.45) is 7.13. The molecular weight excluding hydrogens is 561 g/mol. The molecule has 0 aliphatic carbocycles. The molecule has 11 heteroatoms. The molecule has 0 spiro atoms. The first-order valence-electron chi connectivity index (χ1n) is 14.3. The van der Waals surface area contributed by atoms with Gasteiger partial charge in [0.05, 0.1) is 0 Å². The number of pyridine rings is 1. The SMILES string of the molecule is CC(C)(C)c1ccc(N(C(=O)c2nc3ncc(CCO)cn3n2)C(C(=O)NCCc2cccc(F)c2)c2cccnc2)cc1. The minimum atomic E-state index is -1.13. The van der Waals surface area contributed by atoms with Crippen molar-refractivity contribution in [2.24, 2.45) is 0 Å². The van der Waals surface area contributed by atoms with Gasteiger partial charge in [-0.05, 0) is 65.3 Å². The lowest BCUT2D eigenvalue weighted by Gasteiger charge is -2.31. The molecule has 226 valence electrons. The maximum Gasteiger partial charge on any atom is 0.299 e. The number of benzene rings is 2. The van der Waals surface area contributed by atoms with Gasteiger partial charge >= 0.3 is 0 Å². The van der Waals surface area contributed by atoms with E-state index >= 15 is 0 Å². The van der Waals surface area contributed by atoms with Gasteiger partial charge in [-0.25, -0.2) is 13.9 Å². The molecule has 0 aliphatic heterocycles. The number of rotatable bonds is 10. The summed E-state index contributed by atoms with van der Waals surface area (Å²) < 4.78 is 15.1. The van der Waals surface area contributed by atoms with Gasteiger partial charge in [-0.2, -0.15) is 4.98 Å². The predicted molar refractivity (Wildman–Crippen MR) is 164 cm³/mol. The van der Waals surface area contributed by atoms with E-state index in [0.29, 0.717) is 24.1 Å². The Labute approximate surface area is 254 Å². The fourth-order valence-corrected chi connectivity index (χ4v) is 4.86. The van der Waals surface area contributed by atoms with Crippen LogP contribution in [0.15, 0.2) is 85.5 Å². The van der Waals surface area contributed by atoms with Crippen LogP contribution in [0.5, 0.6) is 0 Å². The number of carbonyl (C=O) groups is 2. The van der Waals surface area contributed by atoms with Gasteiger partial charge < -0.3 is 10.4 Å². The van der Waals surface area contributed by atoms with Crippen LogP contribution in [0.4, 0.5) is 10.1 Å². The van der Waals surface area contributed by atoms with Gasteiger partial charge in [0.2, 0.25) is 11.7 Å². The van der Waals surface area contributed by atoms with Crippen LogP contribution in [0.2, 0.25) is 0 Å². The summed E-state index contributed by atoms with van der Waals surface area (Å²) in [5.74, 6) is -1.36. The number of aliphatic hydroxyl groups excluding tert-OH is 1. The van der Waals surface area contributed by atoms with Crippen molar-refractivity contribution in [3.63, 3.8) is 0 Å². The highest BCUT2D eigenvalue weighted by molar-refractivity contribution is 6.08. The summed E-state index contributed by atoms with van der Waals surface area (Å²) in [4.78, 5) is 42.5. The van der Waals surface area contributed by atoms with E-state index in [1.54, 1.807) is 61.2 Å². The van der Waals surface area contributed by atoms with Gasteiger partial charge in [-0.1, -0.05) is 51.1 Å². The molecule has 2 aromatic carbocycles. The Morgan fingerprint density at radius 1 is 1.02 bits per heavy atom. The third kappa shape index (κ3) is 6.95. The molecule has 1 atom stereocenters. The molecule has 0 bridgehead atoms. The molecular formula is C33H34FN7O3. The molecule has 1 unspecified atom stereocenters. The van der Waals surface area contributed by atoms with Crippen LogP contribution in [0, 0.1) is 5.82 Å². The third-order valence-corrected chi connectivity index (χ3v) is 7.18. The van der Waals surface area contributed by atoms with Crippen LogP contribution in [0.3, 0.4) is 0 Å². The molecule has 0 radical (unpaired) electrons. The number of fused-ring (bicyclic) bond motifs is 1. The lowest BCUT2D eigenvalue weighted by Crippen LogP contribution is -2.45. The van der Waals surface area contributed by atoms with E-state index in [9.17, 15) is 19.1 Å². The largest absolute Gasteiger partial charge is 0.396 e. The zero-order valence-electron chi connectivity index (χ0n) is 24.8. The van der Waals surface area contributed by atoms with Crippen molar-refractivity contribution in [2.75, 3.05) is 18.1 Å². The minimum Gasteiger partial charge on any atom is -0.396 e. The van der Waals surface area contributed by atoms with Crippen LogP contribution in [-0.4, -0.2) is 54.6 Å². The molecule has 2 N–H and O–H groups in total. The summed E-state index contributed by atoms with van der Waals surface area (Å²) in [6.45, 7) is 6.43. The number of aliphatic hydroxyl groups is 1. The van der Waals surface area contributed by atoms with Crippen LogP contribution < -0.4 is 10.2 Å². The standard InChI is InChI=1S/C33H34FN7O3/c1-33(2,3)25-9-11-27(12-10-25)41(31(44)29-38-32-37-19-23(14-17-42)21-40(32)39-29)28(24-7-5-15-35-20-24)30(43)36-16-13-22-6-4-8-26(34)18-22/h4-12,15,18-21,28,42H,13-14,16-17H2,1-3H3,(H,36,43). The fourth-order valence-electron chi connectivity index (χ4n) is 4.86. The second-order valence-corrected chi connectivity index (χ2v) is 11.4. The lowest BCUT2D eigenvalue weighted by molar-refractivity contribution is -0.122. The summed E-state index contributed by atoms with van der Waals surface area (Å²) in [6, 6.07) is 16.0. The topological polar surface area (TPSA) is 126 Å². The number of nitrogens with zero attached hydrogens (tertiary/aromatic N) is 6. The minimum absolute atomic E-state index is 0.0624. The van der Waals surface area contributed by atoms with Crippen LogP contribution in [0.1, 0.15) is 59.7 Å². The van der Waals surface area contributed by atoms with Crippen molar-refractivity contribution in [3.8, 4) is 0 Å². The normalized spacial score (nSPS) is 12.2. The van der Waals surface area contributed by atoms with Gasteiger partial charge in [-0.3, -0.25) is 19.5 Å². The maximum atomic E-state index is 14.3. The van der Waals surface area contributed by atoms with E-state index in [1.165, 1.54) is 21.5 Å². The Kier molecular flexibility index (Phi) is 9.05. The van der Waals surface area contributed by atoms with Crippen molar-refractivity contribution in [2.45, 2.75) is 45.1 Å². The monoisotopic (exact) mass is 595 g/mol. The Bertz CT molecular complexity index is 1750. The highest BCUT2D eigenvalue weighted by Gasteiger charge is 2.35.